The quantitative estimate of drug-likeness (QED) is 0.839. The van der Waals surface area contributed by atoms with Crippen molar-refractivity contribution in [3.63, 3.8) is 0 Å². The molecule has 1 aliphatic carbocycles. The van der Waals surface area contributed by atoms with Crippen LogP contribution < -0.4 is 11.1 Å². The summed E-state index contributed by atoms with van der Waals surface area (Å²) >= 11 is 0. The number of benzene rings is 1. The van der Waals surface area contributed by atoms with Gasteiger partial charge in [0.2, 0.25) is 5.91 Å². The predicted molar refractivity (Wildman–Crippen MR) is 69.6 cm³/mol. The molecule has 1 aromatic rings. The van der Waals surface area contributed by atoms with E-state index in [2.05, 4.69) is 5.32 Å². The number of halogens is 3. The molecule has 0 atom stereocenters. The molecule has 1 aliphatic rings. The lowest BCUT2D eigenvalue weighted by molar-refractivity contribution is -0.117. The van der Waals surface area contributed by atoms with Crippen LogP contribution in [0.5, 0.6) is 0 Å². The van der Waals surface area contributed by atoms with Gasteiger partial charge in [-0.2, -0.15) is 0 Å². The van der Waals surface area contributed by atoms with E-state index in [1.807, 2.05) is 0 Å². The number of nitrogens with one attached hydrogen (secondary N) is 1. The van der Waals surface area contributed by atoms with Crippen LogP contribution in [0.2, 0.25) is 0 Å². The van der Waals surface area contributed by atoms with Gasteiger partial charge in [-0.15, -0.1) is 0 Å². The molecular weight excluding hydrogens is 269 g/mol. The van der Waals surface area contributed by atoms with Crippen molar-refractivity contribution in [2.45, 2.75) is 44.1 Å². The third-order valence-corrected chi connectivity index (χ3v) is 3.65. The van der Waals surface area contributed by atoms with Crippen LogP contribution >= 0.6 is 0 Å². The number of nitrogens with two attached hydrogens (primary N) is 1. The first-order chi connectivity index (χ1) is 9.39. The molecule has 0 radical (unpaired) electrons. The van der Waals surface area contributed by atoms with Crippen LogP contribution in [-0.2, 0) is 4.79 Å². The number of carbonyl (C=O) groups is 1. The molecule has 20 heavy (non-hydrogen) atoms. The summed E-state index contributed by atoms with van der Waals surface area (Å²) in [7, 11) is 0. The van der Waals surface area contributed by atoms with Crippen molar-refractivity contribution in [2.75, 3.05) is 5.32 Å². The molecule has 0 bridgehead atoms. The van der Waals surface area contributed by atoms with Crippen LogP contribution in [0.15, 0.2) is 12.1 Å². The van der Waals surface area contributed by atoms with Gasteiger partial charge in [0.05, 0.1) is 5.69 Å². The van der Waals surface area contributed by atoms with Gasteiger partial charge in [-0.05, 0) is 12.8 Å². The standard InChI is InChI=1S/C14H17F3N2O/c15-9-6-11(17)12(7-10(9)16)19-13(20)8-14(18)4-2-1-3-5-14/h6-7H,1-5,8,18H2,(H,19,20). The Hall–Kier alpha value is -1.56. The molecule has 1 aromatic carbocycles. The molecule has 0 aliphatic heterocycles. The first-order valence-corrected chi connectivity index (χ1v) is 6.63. The summed E-state index contributed by atoms with van der Waals surface area (Å²) in [5.41, 5.74) is 5.16. The summed E-state index contributed by atoms with van der Waals surface area (Å²) in [6.07, 6.45) is 4.54. The summed E-state index contributed by atoms with van der Waals surface area (Å²) < 4.78 is 39.2. The van der Waals surface area contributed by atoms with Crippen molar-refractivity contribution in [1.82, 2.24) is 0 Å². The Labute approximate surface area is 115 Å². The molecule has 1 amide bonds. The molecule has 0 heterocycles. The lowest BCUT2D eigenvalue weighted by Gasteiger charge is -2.32. The third-order valence-electron chi connectivity index (χ3n) is 3.65. The van der Waals surface area contributed by atoms with E-state index in [1.165, 1.54) is 0 Å². The molecule has 6 heteroatoms. The third kappa shape index (κ3) is 3.50. The largest absolute Gasteiger partial charge is 0.325 e. The van der Waals surface area contributed by atoms with Gasteiger partial charge in [0.1, 0.15) is 5.82 Å². The first kappa shape index (κ1) is 14.8. The Morgan fingerprint density at radius 2 is 1.70 bits per heavy atom. The second-order valence-electron chi connectivity index (χ2n) is 5.39. The summed E-state index contributed by atoms with van der Waals surface area (Å²) in [5, 5.41) is 2.25. The maximum Gasteiger partial charge on any atom is 0.226 e. The second-order valence-corrected chi connectivity index (χ2v) is 5.39. The molecule has 0 spiro atoms. The van der Waals surface area contributed by atoms with Crippen molar-refractivity contribution in [3.8, 4) is 0 Å². The van der Waals surface area contributed by atoms with Crippen LogP contribution in [0, 0.1) is 17.5 Å². The topological polar surface area (TPSA) is 55.1 Å². The maximum absolute atomic E-state index is 13.4. The van der Waals surface area contributed by atoms with Crippen molar-refractivity contribution >= 4 is 11.6 Å². The Bertz CT molecular complexity index is 513. The normalized spacial score (nSPS) is 17.8. The van der Waals surface area contributed by atoms with E-state index in [4.69, 9.17) is 5.73 Å². The molecule has 0 unspecified atom stereocenters. The highest BCUT2D eigenvalue weighted by molar-refractivity contribution is 5.91. The Morgan fingerprint density at radius 1 is 1.10 bits per heavy atom. The lowest BCUT2D eigenvalue weighted by Crippen LogP contribution is -2.44. The monoisotopic (exact) mass is 286 g/mol. The van der Waals surface area contributed by atoms with Gasteiger partial charge in [-0.25, -0.2) is 13.2 Å². The highest BCUT2D eigenvalue weighted by Crippen LogP contribution is 2.29. The average molecular weight is 286 g/mol. The molecule has 3 nitrogen and oxygen atoms in total. The van der Waals surface area contributed by atoms with Gasteiger partial charge in [0.15, 0.2) is 11.6 Å². The van der Waals surface area contributed by atoms with E-state index in [9.17, 15) is 18.0 Å². The predicted octanol–water partition coefficient (Wildman–Crippen LogP) is 3.09. The Morgan fingerprint density at radius 3 is 2.35 bits per heavy atom. The molecule has 3 N–H and O–H groups in total. The van der Waals surface area contributed by atoms with Gasteiger partial charge < -0.3 is 11.1 Å². The van der Waals surface area contributed by atoms with E-state index in [1.54, 1.807) is 0 Å². The first-order valence-electron chi connectivity index (χ1n) is 6.63. The molecular formula is C14H17F3N2O. The molecule has 0 saturated heterocycles. The fourth-order valence-electron chi connectivity index (χ4n) is 2.57. The fraction of sp³-hybridized carbons (Fsp3) is 0.500. The zero-order valence-corrected chi connectivity index (χ0v) is 11.0. The second kappa shape index (κ2) is 5.83. The average Bonchev–Trinajstić information content (AvgIpc) is 2.36. The van der Waals surface area contributed by atoms with Crippen molar-refractivity contribution in [1.29, 1.82) is 0 Å². The van der Waals surface area contributed by atoms with Crippen LogP contribution in [0.1, 0.15) is 38.5 Å². The minimum atomic E-state index is -1.29. The minimum absolute atomic E-state index is 0.0471. The molecule has 1 saturated carbocycles. The van der Waals surface area contributed by atoms with Crippen LogP contribution in [0.25, 0.3) is 0 Å². The number of amides is 1. The maximum atomic E-state index is 13.4. The van der Waals surface area contributed by atoms with E-state index in [0.717, 1.165) is 32.1 Å². The van der Waals surface area contributed by atoms with Crippen LogP contribution in [0.4, 0.5) is 18.9 Å². The lowest BCUT2D eigenvalue weighted by atomic mass is 9.80. The highest BCUT2D eigenvalue weighted by atomic mass is 19.2. The smallest absolute Gasteiger partial charge is 0.226 e. The fourth-order valence-corrected chi connectivity index (χ4v) is 2.57. The van der Waals surface area contributed by atoms with Crippen molar-refractivity contribution < 1.29 is 18.0 Å². The summed E-state index contributed by atoms with van der Waals surface area (Å²) in [5.74, 6) is -3.99. The van der Waals surface area contributed by atoms with Crippen LogP contribution in [0.3, 0.4) is 0 Å². The molecule has 2 rings (SSSR count). The van der Waals surface area contributed by atoms with Crippen molar-refractivity contribution in [2.24, 2.45) is 5.73 Å². The van der Waals surface area contributed by atoms with E-state index >= 15 is 0 Å². The summed E-state index contributed by atoms with van der Waals surface area (Å²) in [6, 6.07) is 1.04. The van der Waals surface area contributed by atoms with Gasteiger partial charge in [-0.3, -0.25) is 4.79 Å². The van der Waals surface area contributed by atoms with Crippen molar-refractivity contribution in [3.05, 3.63) is 29.6 Å². The SMILES string of the molecule is NC1(CC(=O)Nc2cc(F)c(F)cc2F)CCCCC1. The molecule has 1 fully saturated rings. The Balaban J connectivity index is 2.03. The van der Waals surface area contributed by atoms with E-state index in [0.29, 0.717) is 12.1 Å². The van der Waals surface area contributed by atoms with Gasteiger partial charge >= 0.3 is 0 Å². The summed E-state index contributed by atoms with van der Waals surface area (Å²) in [6.45, 7) is 0. The van der Waals surface area contributed by atoms with Gasteiger partial charge in [-0.1, -0.05) is 19.3 Å². The highest BCUT2D eigenvalue weighted by Gasteiger charge is 2.30. The van der Waals surface area contributed by atoms with E-state index < -0.39 is 28.9 Å². The molecule has 110 valence electrons. The van der Waals surface area contributed by atoms with E-state index in [-0.39, 0.29) is 12.1 Å². The van der Waals surface area contributed by atoms with Gasteiger partial charge in [0, 0.05) is 24.1 Å². The number of carbonyl (C=O) groups excluding carboxylic acids is 1. The van der Waals surface area contributed by atoms with Crippen LogP contribution in [-0.4, -0.2) is 11.4 Å². The zero-order valence-electron chi connectivity index (χ0n) is 11.0. The molecule has 0 aromatic heterocycles. The summed E-state index contributed by atoms with van der Waals surface area (Å²) in [4.78, 5) is 11.9. The number of anilines is 1. The number of hydrogen-bond acceptors (Lipinski definition) is 2. The zero-order chi connectivity index (χ0) is 14.8. The minimum Gasteiger partial charge on any atom is -0.325 e. The Kier molecular flexibility index (Phi) is 4.32. The number of rotatable bonds is 3. The number of hydrogen-bond donors (Lipinski definition) is 2. The van der Waals surface area contributed by atoms with Gasteiger partial charge in [0.25, 0.3) is 0 Å².